The molecule has 0 bridgehead atoms. The van der Waals surface area contributed by atoms with Gasteiger partial charge in [0.25, 0.3) is 0 Å². The molecular formula is C16H25NO2. The molecule has 1 aliphatic rings. The SMILES string of the molecule is CCCC(N)C(CO)Oc1ccc2c(c1)CCCC2. The molecule has 0 amide bonds. The zero-order valence-corrected chi connectivity index (χ0v) is 11.8. The Kier molecular flexibility index (Phi) is 5.23. The van der Waals surface area contributed by atoms with Crippen LogP contribution in [0.25, 0.3) is 0 Å². The minimum atomic E-state index is -0.304. The van der Waals surface area contributed by atoms with E-state index in [9.17, 15) is 5.11 Å². The lowest BCUT2D eigenvalue weighted by atomic mass is 9.92. The Labute approximate surface area is 115 Å². The molecule has 2 unspecified atom stereocenters. The molecule has 0 saturated carbocycles. The average molecular weight is 263 g/mol. The number of rotatable bonds is 6. The van der Waals surface area contributed by atoms with Crippen molar-refractivity contribution in [2.45, 2.75) is 57.6 Å². The van der Waals surface area contributed by atoms with Crippen LogP contribution in [0, 0.1) is 0 Å². The van der Waals surface area contributed by atoms with E-state index in [-0.39, 0.29) is 18.8 Å². The first kappa shape index (κ1) is 14.4. The second kappa shape index (κ2) is 6.92. The largest absolute Gasteiger partial charge is 0.486 e. The van der Waals surface area contributed by atoms with Gasteiger partial charge in [-0.3, -0.25) is 0 Å². The topological polar surface area (TPSA) is 55.5 Å². The molecule has 3 heteroatoms. The standard InChI is InChI=1S/C16H25NO2/c1-2-5-15(17)16(11-18)19-14-9-8-12-6-3-4-7-13(12)10-14/h8-10,15-16,18H,2-7,11,17H2,1H3. The lowest BCUT2D eigenvalue weighted by molar-refractivity contribution is 0.0915. The fraction of sp³-hybridized carbons (Fsp3) is 0.625. The third-order valence-electron chi connectivity index (χ3n) is 3.89. The van der Waals surface area contributed by atoms with Crippen LogP contribution in [0.5, 0.6) is 5.75 Å². The van der Waals surface area contributed by atoms with E-state index >= 15 is 0 Å². The Balaban J connectivity index is 2.05. The van der Waals surface area contributed by atoms with E-state index in [4.69, 9.17) is 10.5 Å². The molecule has 0 saturated heterocycles. The lowest BCUT2D eigenvalue weighted by Gasteiger charge is -2.24. The average Bonchev–Trinajstić information content (AvgIpc) is 2.44. The molecule has 0 fully saturated rings. The van der Waals surface area contributed by atoms with Gasteiger partial charge in [0.1, 0.15) is 11.9 Å². The number of aryl methyl sites for hydroxylation is 2. The van der Waals surface area contributed by atoms with E-state index in [1.807, 2.05) is 6.07 Å². The molecule has 0 aromatic heterocycles. The number of hydrogen-bond donors (Lipinski definition) is 2. The summed E-state index contributed by atoms with van der Waals surface area (Å²) < 4.78 is 5.87. The molecule has 3 N–H and O–H groups in total. The van der Waals surface area contributed by atoms with Crippen LogP contribution in [0.3, 0.4) is 0 Å². The fourth-order valence-corrected chi connectivity index (χ4v) is 2.74. The Morgan fingerprint density at radius 1 is 1.26 bits per heavy atom. The predicted molar refractivity (Wildman–Crippen MR) is 77.5 cm³/mol. The van der Waals surface area contributed by atoms with Crippen molar-refractivity contribution in [1.82, 2.24) is 0 Å². The summed E-state index contributed by atoms with van der Waals surface area (Å²) in [5.74, 6) is 0.839. The first-order chi connectivity index (χ1) is 9.24. The number of ether oxygens (including phenoxy) is 1. The third kappa shape index (κ3) is 3.71. The number of fused-ring (bicyclic) bond motifs is 1. The molecule has 2 rings (SSSR count). The molecule has 1 aliphatic carbocycles. The van der Waals surface area contributed by atoms with Crippen molar-refractivity contribution in [3.05, 3.63) is 29.3 Å². The van der Waals surface area contributed by atoms with Crippen molar-refractivity contribution in [1.29, 1.82) is 0 Å². The first-order valence-corrected chi connectivity index (χ1v) is 7.39. The number of hydrogen-bond acceptors (Lipinski definition) is 3. The van der Waals surface area contributed by atoms with Gasteiger partial charge < -0.3 is 15.6 Å². The summed E-state index contributed by atoms with van der Waals surface area (Å²) in [6, 6.07) is 6.18. The second-order valence-corrected chi connectivity index (χ2v) is 5.43. The maximum atomic E-state index is 9.42. The van der Waals surface area contributed by atoms with Gasteiger partial charge in [-0.15, -0.1) is 0 Å². The number of aliphatic hydroxyl groups is 1. The molecule has 1 aromatic carbocycles. The van der Waals surface area contributed by atoms with Gasteiger partial charge in [0.15, 0.2) is 0 Å². The lowest BCUT2D eigenvalue weighted by Crippen LogP contribution is -2.41. The Morgan fingerprint density at radius 2 is 2.00 bits per heavy atom. The van der Waals surface area contributed by atoms with Crippen molar-refractivity contribution in [3.63, 3.8) is 0 Å². The fourth-order valence-electron chi connectivity index (χ4n) is 2.74. The van der Waals surface area contributed by atoms with E-state index in [2.05, 4.69) is 19.1 Å². The molecular weight excluding hydrogens is 238 g/mol. The normalized spacial score (nSPS) is 17.6. The highest BCUT2D eigenvalue weighted by molar-refractivity contribution is 5.37. The van der Waals surface area contributed by atoms with Crippen LogP contribution in [0.2, 0.25) is 0 Å². The zero-order chi connectivity index (χ0) is 13.7. The molecule has 3 nitrogen and oxygen atoms in total. The molecule has 0 aliphatic heterocycles. The number of nitrogens with two attached hydrogens (primary N) is 1. The maximum absolute atomic E-state index is 9.42. The van der Waals surface area contributed by atoms with Crippen LogP contribution < -0.4 is 10.5 Å². The van der Waals surface area contributed by atoms with Crippen LogP contribution in [-0.4, -0.2) is 23.9 Å². The van der Waals surface area contributed by atoms with E-state index in [0.717, 1.165) is 25.0 Å². The molecule has 0 spiro atoms. The summed E-state index contributed by atoms with van der Waals surface area (Å²) in [6.07, 6.45) is 6.43. The number of benzene rings is 1. The van der Waals surface area contributed by atoms with Crippen LogP contribution in [0.15, 0.2) is 18.2 Å². The van der Waals surface area contributed by atoms with Crippen molar-refractivity contribution in [3.8, 4) is 5.75 Å². The van der Waals surface area contributed by atoms with Crippen molar-refractivity contribution >= 4 is 0 Å². The Hall–Kier alpha value is -1.06. The van der Waals surface area contributed by atoms with Crippen LogP contribution in [-0.2, 0) is 12.8 Å². The van der Waals surface area contributed by atoms with E-state index in [0.29, 0.717) is 0 Å². The highest BCUT2D eigenvalue weighted by atomic mass is 16.5. The van der Waals surface area contributed by atoms with Gasteiger partial charge in [-0.1, -0.05) is 19.4 Å². The summed E-state index contributed by atoms with van der Waals surface area (Å²) in [4.78, 5) is 0. The highest BCUT2D eigenvalue weighted by Crippen LogP contribution is 2.26. The zero-order valence-electron chi connectivity index (χ0n) is 11.8. The first-order valence-electron chi connectivity index (χ1n) is 7.39. The second-order valence-electron chi connectivity index (χ2n) is 5.43. The van der Waals surface area contributed by atoms with Gasteiger partial charge in [0.2, 0.25) is 0 Å². The van der Waals surface area contributed by atoms with Gasteiger partial charge in [-0.05, 0) is 55.4 Å². The minimum absolute atomic E-state index is 0.0295. The van der Waals surface area contributed by atoms with Crippen molar-refractivity contribution in [2.75, 3.05) is 6.61 Å². The minimum Gasteiger partial charge on any atom is -0.486 e. The highest BCUT2D eigenvalue weighted by Gasteiger charge is 2.19. The van der Waals surface area contributed by atoms with E-state index < -0.39 is 0 Å². The van der Waals surface area contributed by atoms with Gasteiger partial charge in [-0.2, -0.15) is 0 Å². The maximum Gasteiger partial charge on any atom is 0.137 e. The smallest absolute Gasteiger partial charge is 0.137 e. The summed E-state index contributed by atoms with van der Waals surface area (Å²) in [7, 11) is 0. The molecule has 106 valence electrons. The van der Waals surface area contributed by atoms with Crippen LogP contribution in [0.4, 0.5) is 0 Å². The van der Waals surface area contributed by atoms with Gasteiger partial charge in [0.05, 0.1) is 6.61 Å². The van der Waals surface area contributed by atoms with E-state index in [1.54, 1.807) is 0 Å². The van der Waals surface area contributed by atoms with Gasteiger partial charge >= 0.3 is 0 Å². The van der Waals surface area contributed by atoms with Gasteiger partial charge in [-0.25, -0.2) is 0 Å². The molecule has 0 radical (unpaired) electrons. The third-order valence-corrected chi connectivity index (χ3v) is 3.89. The number of aliphatic hydroxyl groups excluding tert-OH is 1. The summed E-state index contributed by atoms with van der Waals surface area (Å²) in [5, 5.41) is 9.42. The Morgan fingerprint density at radius 3 is 2.68 bits per heavy atom. The quantitative estimate of drug-likeness (QED) is 0.829. The van der Waals surface area contributed by atoms with Crippen molar-refractivity contribution in [2.24, 2.45) is 5.73 Å². The van der Waals surface area contributed by atoms with Gasteiger partial charge in [0, 0.05) is 6.04 Å². The summed E-state index contributed by atoms with van der Waals surface area (Å²) in [5.41, 5.74) is 8.87. The van der Waals surface area contributed by atoms with Crippen LogP contribution in [0.1, 0.15) is 43.7 Å². The van der Waals surface area contributed by atoms with E-state index in [1.165, 1.54) is 30.4 Å². The summed E-state index contributed by atoms with van der Waals surface area (Å²) in [6.45, 7) is 2.06. The molecule has 0 heterocycles. The van der Waals surface area contributed by atoms with Crippen molar-refractivity contribution < 1.29 is 9.84 Å². The van der Waals surface area contributed by atoms with Crippen LogP contribution >= 0.6 is 0 Å². The molecule has 19 heavy (non-hydrogen) atoms. The Bertz CT molecular complexity index is 406. The molecule has 1 aromatic rings. The monoisotopic (exact) mass is 263 g/mol. The molecule has 2 atom stereocenters. The summed E-state index contributed by atoms with van der Waals surface area (Å²) >= 11 is 0. The predicted octanol–water partition coefficient (Wildman–Crippen LogP) is 2.43.